The SMILES string of the molecule is Cn1cnc(-c2ccc([C@@H]3CC3C(=O)NN)cc2)c1Sc1ccc(Cl)cn1. The Hall–Kier alpha value is -2.35. The number of pyridine rings is 1. The third-order valence-corrected chi connectivity index (χ3v) is 6.02. The summed E-state index contributed by atoms with van der Waals surface area (Å²) in [5.74, 6) is 5.36. The molecule has 1 fully saturated rings. The van der Waals surface area contributed by atoms with Crippen LogP contribution in [0.4, 0.5) is 0 Å². The summed E-state index contributed by atoms with van der Waals surface area (Å²) in [6.45, 7) is 0. The molecule has 3 aromatic rings. The fraction of sp³-hybridized carbons (Fsp3) is 0.211. The molecule has 2 aromatic heterocycles. The second-order valence-electron chi connectivity index (χ2n) is 6.51. The minimum absolute atomic E-state index is 0.0159. The van der Waals surface area contributed by atoms with Gasteiger partial charge in [0.2, 0.25) is 5.91 Å². The van der Waals surface area contributed by atoms with E-state index >= 15 is 0 Å². The molecule has 0 spiro atoms. The van der Waals surface area contributed by atoms with Crippen molar-refractivity contribution in [1.29, 1.82) is 0 Å². The Bertz CT molecular complexity index is 971. The highest BCUT2D eigenvalue weighted by Crippen LogP contribution is 2.47. The molecule has 2 heterocycles. The zero-order chi connectivity index (χ0) is 19.0. The van der Waals surface area contributed by atoms with Gasteiger partial charge in [-0.1, -0.05) is 35.9 Å². The minimum atomic E-state index is -0.0945. The number of imidazole rings is 1. The third-order valence-electron chi connectivity index (χ3n) is 4.67. The molecule has 1 amide bonds. The van der Waals surface area contributed by atoms with Gasteiger partial charge in [-0.25, -0.2) is 15.8 Å². The van der Waals surface area contributed by atoms with Crippen LogP contribution in [0.25, 0.3) is 11.3 Å². The molecule has 3 N–H and O–H groups in total. The van der Waals surface area contributed by atoms with E-state index < -0.39 is 0 Å². The lowest BCUT2D eigenvalue weighted by molar-refractivity contribution is -0.122. The average molecular weight is 400 g/mol. The molecule has 8 heteroatoms. The number of amides is 1. The van der Waals surface area contributed by atoms with Gasteiger partial charge in [0.1, 0.15) is 15.7 Å². The summed E-state index contributed by atoms with van der Waals surface area (Å²) in [4.78, 5) is 20.5. The van der Waals surface area contributed by atoms with Gasteiger partial charge in [0.05, 0.1) is 11.3 Å². The summed E-state index contributed by atoms with van der Waals surface area (Å²) in [6, 6.07) is 11.9. The molecule has 1 aromatic carbocycles. The molecule has 1 aliphatic rings. The highest BCUT2D eigenvalue weighted by atomic mass is 35.5. The van der Waals surface area contributed by atoms with Crippen LogP contribution in [0.3, 0.4) is 0 Å². The van der Waals surface area contributed by atoms with Gasteiger partial charge in [-0.2, -0.15) is 0 Å². The molecule has 0 saturated heterocycles. The van der Waals surface area contributed by atoms with Gasteiger partial charge in [-0.15, -0.1) is 0 Å². The summed E-state index contributed by atoms with van der Waals surface area (Å²) >= 11 is 7.46. The predicted octanol–water partition coefficient (Wildman–Crippen LogP) is 3.38. The molecule has 0 bridgehead atoms. The van der Waals surface area contributed by atoms with Crippen molar-refractivity contribution in [3.8, 4) is 11.3 Å². The van der Waals surface area contributed by atoms with Crippen molar-refractivity contribution in [1.82, 2.24) is 20.0 Å². The Morgan fingerprint density at radius 3 is 2.70 bits per heavy atom. The molecular formula is C19H18ClN5OS. The van der Waals surface area contributed by atoms with Gasteiger partial charge < -0.3 is 4.57 Å². The second-order valence-corrected chi connectivity index (χ2v) is 7.95. The minimum Gasteiger partial charge on any atom is -0.328 e. The van der Waals surface area contributed by atoms with Crippen molar-refractivity contribution in [3.63, 3.8) is 0 Å². The fourth-order valence-electron chi connectivity index (χ4n) is 3.11. The Balaban J connectivity index is 1.56. The van der Waals surface area contributed by atoms with Gasteiger partial charge in [0.15, 0.2) is 0 Å². The molecular weight excluding hydrogens is 382 g/mol. The molecule has 6 nitrogen and oxygen atoms in total. The van der Waals surface area contributed by atoms with E-state index in [2.05, 4.69) is 27.5 Å². The highest BCUT2D eigenvalue weighted by molar-refractivity contribution is 7.99. The van der Waals surface area contributed by atoms with Crippen molar-refractivity contribution in [2.24, 2.45) is 18.8 Å². The van der Waals surface area contributed by atoms with Crippen LogP contribution in [0.15, 0.2) is 59.0 Å². The Morgan fingerprint density at radius 1 is 1.26 bits per heavy atom. The quantitative estimate of drug-likeness (QED) is 0.390. The van der Waals surface area contributed by atoms with Crippen molar-refractivity contribution in [3.05, 3.63) is 59.5 Å². The average Bonchev–Trinajstić information content (AvgIpc) is 3.41. The number of rotatable bonds is 5. The highest BCUT2D eigenvalue weighted by Gasteiger charge is 2.43. The van der Waals surface area contributed by atoms with Crippen LogP contribution in [0, 0.1) is 5.92 Å². The predicted molar refractivity (Wildman–Crippen MR) is 105 cm³/mol. The number of hydrogen-bond donors (Lipinski definition) is 2. The smallest absolute Gasteiger partial charge is 0.237 e. The summed E-state index contributed by atoms with van der Waals surface area (Å²) in [5.41, 5.74) is 5.31. The topological polar surface area (TPSA) is 85.8 Å². The summed E-state index contributed by atoms with van der Waals surface area (Å²) in [5, 5.41) is 2.47. The largest absolute Gasteiger partial charge is 0.328 e. The van der Waals surface area contributed by atoms with Crippen molar-refractivity contribution in [2.75, 3.05) is 0 Å². The molecule has 1 saturated carbocycles. The number of halogens is 1. The monoisotopic (exact) mass is 399 g/mol. The lowest BCUT2D eigenvalue weighted by atomic mass is 10.1. The molecule has 138 valence electrons. The third kappa shape index (κ3) is 3.71. The Kier molecular flexibility index (Phi) is 4.90. The van der Waals surface area contributed by atoms with E-state index in [1.165, 1.54) is 0 Å². The molecule has 1 aliphatic carbocycles. The van der Waals surface area contributed by atoms with Crippen LogP contribution in [-0.2, 0) is 11.8 Å². The number of nitrogens with two attached hydrogens (primary N) is 1. The molecule has 1 unspecified atom stereocenters. The number of aryl methyl sites for hydroxylation is 1. The van der Waals surface area contributed by atoms with Gasteiger partial charge in [0.25, 0.3) is 0 Å². The van der Waals surface area contributed by atoms with E-state index in [0.717, 1.165) is 33.3 Å². The first-order chi connectivity index (χ1) is 13.1. The number of hydrazine groups is 1. The first-order valence-electron chi connectivity index (χ1n) is 8.48. The number of carbonyl (C=O) groups excluding carboxylic acids is 1. The molecule has 2 atom stereocenters. The number of nitrogens with one attached hydrogen (secondary N) is 1. The first-order valence-corrected chi connectivity index (χ1v) is 9.68. The zero-order valence-electron chi connectivity index (χ0n) is 14.6. The standard InChI is InChI=1S/C19H18ClN5OS/c1-25-10-23-17(19(25)27-16-7-6-13(20)9-22-16)12-4-2-11(3-5-12)14-8-15(14)18(26)24-21/h2-7,9-10,14-15H,8,21H2,1H3,(H,24,26)/t14-,15?/m0/s1. The van der Waals surface area contributed by atoms with Crippen molar-refractivity contribution in [2.45, 2.75) is 22.4 Å². The number of carbonyl (C=O) groups is 1. The lowest BCUT2D eigenvalue weighted by Gasteiger charge is -2.07. The fourth-order valence-corrected chi connectivity index (χ4v) is 4.12. The van der Waals surface area contributed by atoms with Crippen LogP contribution in [0.5, 0.6) is 0 Å². The van der Waals surface area contributed by atoms with E-state index in [1.54, 1.807) is 24.3 Å². The Labute approximate surface area is 166 Å². The number of nitrogens with zero attached hydrogens (tertiary/aromatic N) is 3. The van der Waals surface area contributed by atoms with Crippen LogP contribution in [-0.4, -0.2) is 20.4 Å². The van der Waals surface area contributed by atoms with Crippen LogP contribution in [0.2, 0.25) is 5.02 Å². The van der Waals surface area contributed by atoms with Crippen LogP contribution < -0.4 is 11.3 Å². The maximum atomic E-state index is 11.6. The first kappa shape index (κ1) is 18.0. The van der Waals surface area contributed by atoms with Gasteiger partial charge in [0, 0.05) is 24.7 Å². The Morgan fingerprint density at radius 2 is 2.04 bits per heavy atom. The van der Waals surface area contributed by atoms with E-state index in [1.807, 2.05) is 35.9 Å². The second kappa shape index (κ2) is 7.34. The van der Waals surface area contributed by atoms with Crippen LogP contribution in [0.1, 0.15) is 17.9 Å². The van der Waals surface area contributed by atoms with Crippen LogP contribution >= 0.6 is 23.4 Å². The van der Waals surface area contributed by atoms with Gasteiger partial charge in [-0.05, 0) is 41.8 Å². The summed E-state index contributed by atoms with van der Waals surface area (Å²) < 4.78 is 1.98. The summed E-state index contributed by atoms with van der Waals surface area (Å²) in [6.07, 6.45) is 4.28. The molecule has 0 radical (unpaired) electrons. The molecule has 4 rings (SSSR count). The van der Waals surface area contributed by atoms with E-state index in [-0.39, 0.29) is 17.7 Å². The normalized spacial score (nSPS) is 18.3. The number of benzene rings is 1. The molecule has 27 heavy (non-hydrogen) atoms. The zero-order valence-corrected chi connectivity index (χ0v) is 16.2. The lowest BCUT2D eigenvalue weighted by Crippen LogP contribution is -2.31. The van der Waals surface area contributed by atoms with E-state index in [4.69, 9.17) is 17.4 Å². The van der Waals surface area contributed by atoms with Crippen molar-refractivity contribution < 1.29 is 4.79 Å². The maximum Gasteiger partial charge on any atom is 0.237 e. The van der Waals surface area contributed by atoms with Crippen molar-refractivity contribution >= 4 is 29.3 Å². The van der Waals surface area contributed by atoms with Gasteiger partial charge in [-0.3, -0.25) is 10.2 Å². The summed E-state index contributed by atoms with van der Waals surface area (Å²) in [7, 11) is 1.96. The van der Waals surface area contributed by atoms with Gasteiger partial charge >= 0.3 is 0 Å². The molecule has 0 aliphatic heterocycles. The van der Waals surface area contributed by atoms with E-state index in [9.17, 15) is 4.79 Å². The van der Waals surface area contributed by atoms with E-state index in [0.29, 0.717) is 5.02 Å². The number of hydrogen-bond acceptors (Lipinski definition) is 5. The number of aromatic nitrogens is 3. The maximum absolute atomic E-state index is 11.6.